The van der Waals surface area contributed by atoms with Crippen LogP contribution >= 0.6 is 0 Å². The molecule has 0 radical (unpaired) electrons. The van der Waals surface area contributed by atoms with Gasteiger partial charge in [-0.2, -0.15) is 0 Å². The number of carboxylic acids is 1. The lowest BCUT2D eigenvalue weighted by Gasteiger charge is -2.27. The zero-order valence-corrected chi connectivity index (χ0v) is 14.9. The maximum Gasteiger partial charge on any atom is 0.326 e. The van der Waals surface area contributed by atoms with E-state index in [1.807, 2.05) is 13.8 Å². The van der Waals surface area contributed by atoms with Gasteiger partial charge in [-0.1, -0.05) is 72.1 Å². The normalized spacial score (nSPS) is 12.4. The van der Waals surface area contributed by atoms with Crippen molar-refractivity contribution in [3.63, 3.8) is 0 Å². The van der Waals surface area contributed by atoms with Crippen LogP contribution in [0, 0.1) is 5.92 Å². The fourth-order valence-corrected chi connectivity index (χ4v) is 2.82. The smallest absolute Gasteiger partial charge is 0.326 e. The molecule has 0 saturated carbocycles. The molecule has 0 aromatic carbocycles. The monoisotopic (exact) mass is 313 g/mol. The number of amides is 1. The van der Waals surface area contributed by atoms with E-state index in [1.165, 1.54) is 49.8 Å². The van der Waals surface area contributed by atoms with Crippen LogP contribution in [0.1, 0.15) is 85.0 Å². The quantitative estimate of drug-likeness (QED) is 0.510. The maximum atomic E-state index is 12.1. The Morgan fingerprint density at radius 1 is 0.909 bits per heavy atom. The molecule has 0 bridgehead atoms. The Morgan fingerprint density at radius 3 is 1.77 bits per heavy atom. The van der Waals surface area contributed by atoms with Gasteiger partial charge in [0.05, 0.1) is 0 Å². The lowest BCUT2D eigenvalue weighted by Crippen LogP contribution is -2.45. The number of aliphatic carboxylic acids is 1. The second-order valence-corrected chi connectivity index (χ2v) is 6.61. The highest BCUT2D eigenvalue weighted by Crippen LogP contribution is 2.14. The molecule has 4 heteroatoms. The number of nitrogens with zero attached hydrogens (tertiary/aromatic N) is 1. The molecule has 0 spiro atoms. The first-order valence-corrected chi connectivity index (χ1v) is 8.90. The van der Waals surface area contributed by atoms with Crippen LogP contribution in [0.15, 0.2) is 0 Å². The summed E-state index contributed by atoms with van der Waals surface area (Å²) in [6.07, 6.45) is 11.4. The lowest BCUT2D eigenvalue weighted by atomic mass is 10.0. The third-order valence-electron chi connectivity index (χ3n) is 4.19. The molecule has 22 heavy (non-hydrogen) atoms. The molecule has 0 saturated heterocycles. The van der Waals surface area contributed by atoms with Crippen molar-refractivity contribution in [2.45, 2.75) is 91.0 Å². The summed E-state index contributed by atoms with van der Waals surface area (Å²) in [6, 6.07) is -0.717. The maximum absolute atomic E-state index is 12.1. The highest BCUT2D eigenvalue weighted by Gasteiger charge is 2.28. The summed E-state index contributed by atoms with van der Waals surface area (Å²) in [4.78, 5) is 24.7. The second kappa shape index (κ2) is 12.5. The molecule has 0 aromatic heterocycles. The van der Waals surface area contributed by atoms with E-state index in [1.54, 1.807) is 7.05 Å². The van der Waals surface area contributed by atoms with E-state index >= 15 is 0 Å². The van der Waals surface area contributed by atoms with E-state index < -0.39 is 12.0 Å². The first-order valence-electron chi connectivity index (χ1n) is 8.90. The first-order chi connectivity index (χ1) is 10.4. The number of likely N-dealkylation sites (N-methyl/N-ethyl adjacent to an activating group) is 1. The summed E-state index contributed by atoms with van der Waals surface area (Å²) < 4.78 is 0. The van der Waals surface area contributed by atoms with E-state index in [-0.39, 0.29) is 11.8 Å². The second-order valence-electron chi connectivity index (χ2n) is 6.61. The Kier molecular flexibility index (Phi) is 11.9. The molecule has 0 aliphatic carbocycles. The Hall–Kier alpha value is -1.06. The Morgan fingerprint density at radius 2 is 1.36 bits per heavy atom. The minimum Gasteiger partial charge on any atom is -0.480 e. The van der Waals surface area contributed by atoms with Gasteiger partial charge in [-0.05, 0) is 12.3 Å². The molecule has 0 aliphatic heterocycles. The number of carbonyl (C=O) groups is 2. The van der Waals surface area contributed by atoms with E-state index in [0.29, 0.717) is 6.42 Å². The molecular formula is C18H35NO3. The predicted octanol–water partition coefficient (Wildman–Crippen LogP) is 4.47. The molecular weight excluding hydrogens is 278 g/mol. The average molecular weight is 313 g/mol. The number of hydrogen-bond donors (Lipinski definition) is 1. The topological polar surface area (TPSA) is 57.6 Å². The summed E-state index contributed by atoms with van der Waals surface area (Å²) >= 11 is 0. The number of rotatable bonds is 13. The van der Waals surface area contributed by atoms with Crippen molar-refractivity contribution in [3.8, 4) is 0 Å². The molecule has 0 fully saturated rings. The van der Waals surface area contributed by atoms with Crippen molar-refractivity contribution in [2.75, 3.05) is 7.05 Å². The largest absolute Gasteiger partial charge is 0.480 e. The minimum atomic E-state index is -0.919. The SMILES string of the molecule is CCCCCCCCCCCC(=O)N(C)C(C(=O)O)C(C)C. The van der Waals surface area contributed by atoms with Gasteiger partial charge in [-0.15, -0.1) is 0 Å². The number of carbonyl (C=O) groups excluding carboxylic acids is 1. The fraction of sp³-hybridized carbons (Fsp3) is 0.889. The fourth-order valence-electron chi connectivity index (χ4n) is 2.82. The van der Waals surface area contributed by atoms with Gasteiger partial charge in [-0.25, -0.2) is 4.79 Å². The molecule has 1 unspecified atom stereocenters. The van der Waals surface area contributed by atoms with Gasteiger partial charge in [-0.3, -0.25) is 4.79 Å². The highest BCUT2D eigenvalue weighted by molar-refractivity contribution is 5.83. The van der Waals surface area contributed by atoms with Crippen LogP contribution in [-0.2, 0) is 9.59 Å². The van der Waals surface area contributed by atoms with Crippen LogP contribution in [0.4, 0.5) is 0 Å². The summed E-state index contributed by atoms with van der Waals surface area (Å²) in [5, 5.41) is 9.20. The average Bonchev–Trinajstić information content (AvgIpc) is 2.44. The third-order valence-corrected chi connectivity index (χ3v) is 4.19. The van der Waals surface area contributed by atoms with Gasteiger partial charge < -0.3 is 10.0 Å². The van der Waals surface area contributed by atoms with E-state index in [4.69, 9.17) is 0 Å². The van der Waals surface area contributed by atoms with E-state index in [2.05, 4.69) is 6.92 Å². The zero-order chi connectivity index (χ0) is 17.0. The first kappa shape index (κ1) is 20.9. The Balaban J connectivity index is 3.78. The molecule has 0 heterocycles. The zero-order valence-electron chi connectivity index (χ0n) is 14.9. The third kappa shape index (κ3) is 9.06. The summed E-state index contributed by atoms with van der Waals surface area (Å²) in [7, 11) is 1.61. The van der Waals surface area contributed by atoms with Crippen LogP contribution in [0.5, 0.6) is 0 Å². The van der Waals surface area contributed by atoms with Gasteiger partial charge in [0, 0.05) is 13.5 Å². The van der Waals surface area contributed by atoms with Gasteiger partial charge in [0.25, 0.3) is 0 Å². The predicted molar refractivity (Wildman–Crippen MR) is 90.9 cm³/mol. The number of unbranched alkanes of at least 4 members (excludes halogenated alkanes) is 8. The summed E-state index contributed by atoms with van der Waals surface area (Å²) in [5.74, 6) is -1.04. The molecule has 1 amide bonds. The van der Waals surface area contributed by atoms with Crippen molar-refractivity contribution in [1.82, 2.24) is 4.90 Å². The molecule has 1 N–H and O–H groups in total. The van der Waals surface area contributed by atoms with Gasteiger partial charge in [0.1, 0.15) is 6.04 Å². The van der Waals surface area contributed by atoms with Crippen LogP contribution in [0.25, 0.3) is 0 Å². The number of carboxylic acid groups (broad SMARTS) is 1. The summed E-state index contributed by atoms with van der Waals surface area (Å²) in [6.45, 7) is 5.89. The standard InChI is InChI=1S/C18H35NO3/c1-5-6-7-8-9-10-11-12-13-14-16(20)19(4)17(15(2)3)18(21)22/h15,17H,5-14H2,1-4H3,(H,21,22). The van der Waals surface area contributed by atoms with Crippen molar-refractivity contribution >= 4 is 11.9 Å². The van der Waals surface area contributed by atoms with Crippen LogP contribution in [-0.4, -0.2) is 35.0 Å². The Bertz CT molecular complexity index is 315. The van der Waals surface area contributed by atoms with Crippen molar-refractivity contribution in [2.24, 2.45) is 5.92 Å². The van der Waals surface area contributed by atoms with Gasteiger partial charge in [0.2, 0.25) is 5.91 Å². The minimum absolute atomic E-state index is 0.0518. The molecule has 0 aliphatic rings. The molecule has 0 aromatic rings. The number of hydrogen-bond acceptors (Lipinski definition) is 2. The molecule has 130 valence electrons. The van der Waals surface area contributed by atoms with Crippen LogP contribution in [0.3, 0.4) is 0 Å². The van der Waals surface area contributed by atoms with Crippen LogP contribution in [0.2, 0.25) is 0 Å². The van der Waals surface area contributed by atoms with Crippen molar-refractivity contribution in [3.05, 3.63) is 0 Å². The van der Waals surface area contributed by atoms with Crippen molar-refractivity contribution < 1.29 is 14.7 Å². The Labute approximate surface area is 136 Å². The van der Waals surface area contributed by atoms with E-state index in [9.17, 15) is 14.7 Å². The van der Waals surface area contributed by atoms with E-state index in [0.717, 1.165) is 12.8 Å². The molecule has 4 nitrogen and oxygen atoms in total. The molecule has 0 rings (SSSR count). The lowest BCUT2D eigenvalue weighted by molar-refractivity contribution is -0.151. The summed E-state index contributed by atoms with van der Waals surface area (Å²) in [5.41, 5.74) is 0. The van der Waals surface area contributed by atoms with Crippen molar-refractivity contribution in [1.29, 1.82) is 0 Å². The highest BCUT2D eigenvalue weighted by atomic mass is 16.4. The van der Waals surface area contributed by atoms with Crippen LogP contribution < -0.4 is 0 Å². The molecule has 1 atom stereocenters. The van der Waals surface area contributed by atoms with Gasteiger partial charge in [0.15, 0.2) is 0 Å². The van der Waals surface area contributed by atoms with Gasteiger partial charge >= 0.3 is 5.97 Å².